The standard InChI is InChI=1S/C13H12BrNO4S2/c1-20(16,17)12-3-2-4-13(9-12)21(18,19)15-11-7-5-10(14)6-8-11/h2-9,15H,1H3. The third-order valence-electron chi connectivity index (χ3n) is 2.64. The van der Waals surface area contributed by atoms with Crippen molar-refractivity contribution in [2.75, 3.05) is 11.0 Å². The molecule has 0 saturated heterocycles. The molecule has 1 N–H and O–H groups in total. The third kappa shape index (κ3) is 4.05. The van der Waals surface area contributed by atoms with Crippen LogP contribution in [0.5, 0.6) is 0 Å². The van der Waals surface area contributed by atoms with E-state index in [1.165, 1.54) is 18.2 Å². The van der Waals surface area contributed by atoms with Crippen molar-refractivity contribution < 1.29 is 16.8 Å². The summed E-state index contributed by atoms with van der Waals surface area (Å²) >= 11 is 3.26. The molecule has 2 aromatic carbocycles. The summed E-state index contributed by atoms with van der Waals surface area (Å²) in [6.45, 7) is 0. The van der Waals surface area contributed by atoms with Gasteiger partial charge < -0.3 is 0 Å². The molecule has 0 unspecified atom stereocenters. The average Bonchev–Trinajstić information content (AvgIpc) is 2.40. The quantitative estimate of drug-likeness (QED) is 0.871. The molecule has 0 radical (unpaired) electrons. The van der Waals surface area contributed by atoms with Crippen LogP contribution in [0.15, 0.2) is 62.8 Å². The normalized spacial score (nSPS) is 12.1. The second-order valence-corrected chi connectivity index (χ2v) is 8.97. The number of hydrogen-bond donors (Lipinski definition) is 1. The molecule has 2 aromatic rings. The zero-order chi connectivity index (χ0) is 15.7. The van der Waals surface area contributed by atoms with Crippen molar-refractivity contribution in [2.45, 2.75) is 9.79 Å². The fourth-order valence-electron chi connectivity index (χ4n) is 1.60. The highest BCUT2D eigenvalue weighted by atomic mass is 79.9. The first-order valence-electron chi connectivity index (χ1n) is 5.77. The van der Waals surface area contributed by atoms with Crippen LogP contribution in [0.25, 0.3) is 0 Å². The molecular weight excluding hydrogens is 378 g/mol. The first-order valence-corrected chi connectivity index (χ1v) is 9.94. The van der Waals surface area contributed by atoms with Gasteiger partial charge in [-0.2, -0.15) is 0 Å². The maximum Gasteiger partial charge on any atom is 0.261 e. The van der Waals surface area contributed by atoms with E-state index in [0.29, 0.717) is 5.69 Å². The number of sulfonamides is 1. The molecular formula is C13H12BrNO4S2. The van der Waals surface area contributed by atoms with Crippen LogP contribution in [-0.4, -0.2) is 23.1 Å². The molecule has 0 heterocycles. The predicted octanol–water partition coefficient (Wildman–Crippen LogP) is 2.65. The van der Waals surface area contributed by atoms with Gasteiger partial charge in [-0.15, -0.1) is 0 Å². The van der Waals surface area contributed by atoms with E-state index in [-0.39, 0.29) is 9.79 Å². The molecule has 0 fully saturated rings. The van der Waals surface area contributed by atoms with Gasteiger partial charge in [0.1, 0.15) is 0 Å². The lowest BCUT2D eigenvalue weighted by Crippen LogP contribution is -2.13. The van der Waals surface area contributed by atoms with Gasteiger partial charge >= 0.3 is 0 Å². The molecule has 2 rings (SSSR count). The van der Waals surface area contributed by atoms with Gasteiger partial charge in [0.15, 0.2) is 9.84 Å². The van der Waals surface area contributed by atoms with Gasteiger partial charge in [0, 0.05) is 16.4 Å². The Morgan fingerprint density at radius 3 is 2.05 bits per heavy atom. The van der Waals surface area contributed by atoms with Crippen LogP contribution in [0, 0.1) is 0 Å². The topological polar surface area (TPSA) is 80.3 Å². The Kier molecular flexibility index (Phi) is 4.40. The second kappa shape index (κ2) is 5.78. The number of nitrogens with one attached hydrogen (secondary N) is 1. The number of rotatable bonds is 4. The monoisotopic (exact) mass is 389 g/mol. The molecule has 5 nitrogen and oxygen atoms in total. The number of anilines is 1. The Balaban J connectivity index is 2.38. The van der Waals surface area contributed by atoms with Crippen molar-refractivity contribution in [3.8, 4) is 0 Å². The van der Waals surface area contributed by atoms with Crippen molar-refractivity contribution in [3.63, 3.8) is 0 Å². The highest BCUT2D eigenvalue weighted by molar-refractivity contribution is 9.10. The molecule has 0 spiro atoms. The summed E-state index contributed by atoms with van der Waals surface area (Å²) in [5.41, 5.74) is 0.392. The van der Waals surface area contributed by atoms with Crippen molar-refractivity contribution in [1.29, 1.82) is 0 Å². The Bertz CT molecular complexity index is 859. The summed E-state index contributed by atoms with van der Waals surface area (Å²) in [4.78, 5) is -0.144. The molecule has 0 aliphatic heterocycles. The first kappa shape index (κ1) is 16.0. The molecule has 0 saturated carbocycles. The number of halogens is 1. The van der Waals surface area contributed by atoms with Gasteiger partial charge in [0.25, 0.3) is 10.0 Å². The summed E-state index contributed by atoms with van der Waals surface area (Å²) in [6.07, 6.45) is 1.03. The van der Waals surface area contributed by atoms with Crippen molar-refractivity contribution in [3.05, 3.63) is 53.0 Å². The lowest BCUT2D eigenvalue weighted by Gasteiger charge is -2.09. The molecule has 21 heavy (non-hydrogen) atoms. The minimum Gasteiger partial charge on any atom is -0.280 e. The van der Waals surface area contributed by atoms with E-state index >= 15 is 0 Å². The predicted molar refractivity (Wildman–Crippen MR) is 84.5 cm³/mol. The highest BCUT2D eigenvalue weighted by Gasteiger charge is 2.17. The summed E-state index contributed by atoms with van der Waals surface area (Å²) in [5.74, 6) is 0. The minimum absolute atomic E-state index is 0.0406. The molecule has 0 aromatic heterocycles. The summed E-state index contributed by atoms with van der Waals surface area (Å²) in [6, 6.07) is 11.8. The maximum absolute atomic E-state index is 12.2. The SMILES string of the molecule is CS(=O)(=O)c1cccc(S(=O)(=O)Nc2ccc(Br)cc2)c1. The summed E-state index contributed by atoms with van der Waals surface area (Å²) in [7, 11) is -7.30. The van der Waals surface area contributed by atoms with Crippen LogP contribution in [0.4, 0.5) is 5.69 Å². The van der Waals surface area contributed by atoms with E-state index in [9.17, 15) is 16.8 Å². The van der Waals surface area contributed by atoms with E-state index in [0.717, 1.165) is 16.8 Å². The van der Waals surface area contributed by atoms with Gasteiger partial charge in [-0.3, -0.25) is 4.72 Å². The molecule has 112 valence electrons. The Morgan fingerprint density at radius 2 is 1.48 bits per heavy atom. The smallest absolute Gasteiger partial charge is 0.261 e. The number of benzene rings is 2. The second-order valence-electron chi connectivity index (χ2n) is 4.36. The van der Waals surface area contributed by atoms with E-state index in [1.54, 1.807) is 24.3 Å². The fraction of sp³-hybridized carbons (Fsp3) is 0.0769. The Hall–Kier alpha value is -1.38. The van der Waals surface area contributed by atoms with E-state index in [4.69, 9.17) is 0 Å². The van der Waals surface area contributed by atoms with E-state index in [2.05, 4.69) is 20.7 Å². The van der Waals surface area contributed by atoms with Crippen molar-refractivity contribution in [1.82, 2.24) is 0 Å². The zero-order valence-corrected chi connectivity index (χ0v) is 14.2. The van der Waals surface area contributed by atoms with Crippen LogP contribution in [-0.2, 0) is 19.9 Å². The number of hydrogen-bond acceptors (Lipinski definition) is 4. The Labute approximate surface area is 132 Å². The third-order valence-corrected chi connectivity index (χ3v) is 5.66. The van der Waals surface area contributed by atoms with E-state index in [1.807, 2.05) is 0 Å². The molecule has 0 amide bonds. The van der Waals surface area contributed by atoms with Crippen LogP contribution in [0.1, 0.15) is 0 Å². The number of sulfone groups is 1. The largest absolute Gasteiger partial charge is 0.280 e. The van der Waals surface area contributed by atoms with Crippen molar-refractivity contribution in [2.24, 2.45) is 0 Å². The molecule has 0 aliphatic carbocycles. The molecule has 8 heteroatoms. The molecule has 0 aliphatic rings. The lowest BCUT2D eigenvalue weighted by molar-refractivity contribution is 0.599. The minimum atomic E-state index is -3.84. The highest BCUT2D eigenvalue weighted by Crippen LogP contribution is 2.20. The van der Waals surface area contributed by atoms with Crippen molar-refractivity contribution >= 4 is 41.5 Å². The Morgan fingerprint density at radius 1 is 0.905 bits per heavy atom. The first-order chi connectivity index (χ1) is 9.68. The lowest BCUT2D eigenvalue weighted by atomic mass is 10.3. The van der Waals surface area contributed by atoms with Gasteiger partial charge in [0.2, 0.25) is 0 Å². The van der Waals surface area contributed by atoms with Gasteiger partial charge in [0.05, 0.1) is 9.79 Å². The summed E-state index contributed by atoms with van der Waals surface area (Å²) < 4.78 is 50.7. The molecule has 0 bridgehead atoms. The average molecular weight is 390 g/mol. The fourth-order valence-corrected chi connectivity index (χ4v) is 3.71. The van der Waals surface area contributed by atoms with Crippen LogP contribution in [0.3, 0.4) is 0 Å². The van der Waals surface area contributed by atoms with Crippen LogP contribution < -0.4 is 4.72 Å². The van der Waals surface area contributed by atoms with Crippen LogP contribution >= 0.6 is 15.9 Å². The maximum atomic E-state index is 12.2. The van der Waals surface area contributed by atoms with Gasteiger partial charge in [-0.1, -0.05) is 22.0 Å². The zero-order valence-electron chi connectivity index (χ0n) is 10.9. The van der Waals surface area contributed by atoms with Gasteiger partial charge in [-0.05, 0) is 42.5 Å². The van der Waals surface area contributed by atoms with E-state index < -0.39 is 19.9 Å². The molecule has 0 atom stereocenters. The van der Waals surface area contributed by atoms with Crippen LogP contribution in [0.2, 0.25) is 0 Å². The van der Waals surface area contributed by atoms with Gasteiger partial charge in [-0.25, -0.2) is 16.8 Å². The summed E-state index contributed by atoms with van der Waals surface area (Å²) in [5, 5.41) is 0.